The summed E-state index contributed by atoms with van der Waals surface area (Å²) in [7, 11) is -2.29. The number of ether oxygens (including phenoxy) is 1. The van der Waals surface area contributed by atoms with Gasteiger partial charge in [-0.2, -0.15) is 4.31 Å². The van der Waals surface area contributed by atoms with Crippen molar-refractivity contribution < 1.29 is 17.9 Å². The SMILES string of the molecule is COc1ccc(C)cc1S(=O)(=O)N1CCC[C@H](C(=O)Nc2cc(C)ccc2C)C1. The van der Waals surface area contributed by atoms with Gasteiger partial charge in [0.05, 0.1) is 13.0 Å². The number of anilines is 1. The van der Waals surface area contributed by atoms with E-state index in [1.165, 1.54) is 11.4 Å². The predicted molar refractivity (Wildman–Crippen MR) is 114 cm³/mol. The minimum absolute atomic E-state index is 0.144. The Morgan fingerprint density at radius 1 is 1.10 bits per heavy atom. The fourth-order valence-corrected chi connectivity index (χ4v) is 5.37. The van der Waals surface area contributed by atoms with Crippen LogP contribution in [0.5, 0.6) is 5.75 Å². The van der Waals surface area contributed by atoms with Crippen molar-refractivity contribution in [2.75, 3.05) is 25.5 Å². The summed E-state index contributed by atoms with van der Waals surface area (Å²) in [4.78, 5) is 13.0. The quantitative estimate of drug-likeness (QED) is 0.807. The van der Waals surface area contributed by atoms with Gasteiger partial charge in [0, 0.05) is 18.8 Å². The molecule has 0 saturated carbocycles. The van der Waals surface area contributed by atoms with Crippen LogP contribution in [0, 0.1) is 26.7 Å². The maximum Gasteiger partial charge on any atom is 0.246 e. The minimum atomic E-state index is -3.75. The number of rotatable bonds is 5. The molecule has 29 heavy (non-hydrogen) atoms. The van der Waals surface area contributed by atoms with Crippen LogP contribution in [0.4, 0.5) is 5.69 Å². The lowest BCUT2D eigenvalue weighted by Gasteiger charge is -2.31. The summed E-state index contributed by atoms with van der Waals surface area (Å²) in [6, 6.07) is 11.0. The third-order valence-electron chi connectivity index (χ3n) is 5.34. The third-order valence-corrected chi connectivity index (χ3v) is 7.23. The number of methoxy groups -OCH3 is 1. The molecule has 0 radical (unpaired) electrons. The van der Waals surface area contributed by atoms with Gasteiger partial charge in [0.2, 0.25) is 15.9 Å². The molecule has 0 unspecified atom stereocenters. The monoisotopic (exact) mass is 416 g/mol. The van der Waals surface area contributed by atoms with Crippen molar-refractivity contribution in [3.05, 3.63) is 53.1 Å². The molecule has 156 valence electrons. The van der Waals surface area contributed by atoms with E-state index in [9.17, 15) is 13.2 Å². The standard InChI is InChI=1S/C22H28N2O4S/c1-15-7-9-17(3)19(12-15)23-22(25)18-6-5-11-24(14-18)29(26,27)21-13-16(2)8-10-20(21)28-4/h7-10,12-13,18H,5-6,11,14H2,1-4H3,(H,23,25)/t18-/m0/s1. The first-order valence-electron chi connectivity index (χ1n) is 9.75. The maximum atomic E-state index is 13.3. The van der Waals surface area contributed by atoms with Crippen LogP contribution < -0.4 is 10.1 Å². The Morgan fingerprint density at radius 2 is 1.79 bits per heavy atom. The van der Waals surface area contributed by atoms with Crippen molar-refractivity contribution in [2.45, 2.75) is 38.5 Å². The molecular weight excluding hydrogens is 388 g/mol. The molecule has 7 heteroatoms. The van der Waals surface area contributed by atoms with Crippen LogP contribution in [-0.2, 0) is 14.8 Å². The zero-order chi connectivity index (χ0) is 21.2. The molecule has 1 aliphatic rings. The predicted octanol–water partition coefficient (Wildman–Crippen LogP) is 3.66. The molecule has 1 N–H and O–H groups in total. The van der Waals surface area contributed by atoms with Crippen LogP contribution in [-0.4, -0.2) is 38.8 Å². The highest BCUT2D eigenvalue weighted by Crippen LogP contribution is 2.31. The van der Waals surface area contributed by atoms with Gasteiger partial charge in [0.25, 0.3) is 0 Å². The molecule has 0 aliphatic carbocycles. The normalized spacial score (nSPS) is 17.7. The molecule has 1 heterocycles. The number of aryl methyl sites for hydroxylation is 3. The fraction of sp³-hybridized carbons (Fsp3) is 0.409. The van der Waals surface area contributed by atoms with E-state index in [2.05, 4.69) is 5.32 Å². The first kappa shape index (κ1) is 21.3. The first-order chi connectivity index (χ1) is 13.7. The minimum Gasteiger partial charge on any atom is -0.495 e. The summed E-state index contributed by atoms with van der Waals surface area (Å²) in [6.45, 7) is 6.31. The lowest BCUT2D eigenvalue weighted by molar-refractivity contribution is -0.120. The van der Waals surface area contributed by atoms with E-state index < -0.39 is 15.9 Å². The number of amides is 1. The van der Waals surface area contributed by atoms with E-state index in [0.717, 1.165) is 22.4 Å². The molecule has 0 spiro atoms. The van der Waals surface area contributed by atoms with Crippen LogP contribution in [0.2, 0.25) is 0 Å². The van der Waals surface area contributed by atoms with E-state index >= 15 is 0 Å². The zero-order valence-electron chi connectivity index (χ0n) is 17.4. The first-order valence-corrected chi connectivity index (χ1v) is 11.2. The van der Waals surface area contributed by atoms with Crippen molar-refractivity contribution in [2.24, 2.45) is 5.92 Å². The van der Waals surface area contributed by atoms with Crippen LogP contribution in [0.15, 0.2) is 41.3 Å². The Morgan fingerprint density at radius 3 is 2.52 bits per heavy atom. The smallest absolute Gasteiger partial charge is 0.246 e. The van der Waals surface area contributed by atoms with Gasteiger partial charge < -0.3 is 10.1 Å². The second-order valence-electron chi connectivity index (χ2n) is 7.66. The number of carbonyl (C=O) groups excluding carboxylic acids is 1. The maximum absolute atomic E-state index is 13.3. The highest BCUT2D eigenvalue weighted by molar-refractivity contribution is 7.89. The number of benzene rings is 2. The number of hydrogen-bond acceptors (Lipinski definition) is 4. The molecular formula is C22H28N2O4S. The Bertz CT molecular complexity index is 1020. The molecule has 2 aromatic rings. The Balaban J connectivity index is 1.80. The van der Waals surface area contributed by atoms with Crippen LogP contribution >= 0.6 is 0 Å². The molecule has 3 rings (SSSR count). The Labute approximate surface area is 172 Å². The number of piperidine rings is 1. The van der Waals surface area contributed by atoms with Crippen molar-refractivity contribution >= 4 is 21.6 Å². The molecule has 1 fully saturated rings. The largest absolute Gasteiger partial charge is 0.495 e. The van der Waals surface area contributed by atoms with Crippen LogP contribution in [0.25, 0.3) is 0 Å². The Kier molecular flexibility index (Phi) is 6.29. The van der Waals surface area contributed by atoms with Crippen LogP contribution in [0.1, 0.15) is 29.5 Å². The van der Waals surface area contributed by atoms with E-state index in [-0.39, 0.29) is 17.3 Å². The molecule has 2 aromatic carbocycles. The summed E-state index contributed by atoms with van der Waals surface area (Å²) >= 11 is 0. The van der Waals surface area contributed by atoms with Crippen molar-refractivity contribution in [3.63, 3.8) is 0 Å². The van der Waals surface area contributed by atoms with Gasteiger partial charge in [0.1, 0.15) is 10.6 Å². The number of hydrogen-bond donors (Lipinski definition) is 1. The summed E-state index contributed by atoms with van der Waals surface area (Å²) < 4.78 is 33.2. The summed E-state index contributed by atoms with van der Waals surface area (Å²) in [6.07, 6.45) is 1.30. The third kappa shape index (κ3) is 4.62. The van der Waals surface area contributed by atoms with Crippen molar-refractivity contribution in [1.29, 1.82) is 0 Å². The zero-order valence-corrected chi connectivity index (χ0v) is 18.2. The molecule has 1 saturated heterocycles. The van der Waals surface area contributed by atoms with E-state index in [1.54, 1.807) is 12.1 Å². The van der Waals surface area contributed by atoms with Gasteiger partial charge in [0.15, 0.2) is 0 Å². The average Bonchev–Trinajstić information content (AvgIpc) is 2.70. The van der Waals surface area contributed by atoms with Gasteiger partial charge >= 0.3 is 0 Å². The molecule has 6 nitrogen and oxygen atoms in total. The van der Waals surface area contributed by atoms with Crippen molar-refractivity contribution in [1.82, 2.24) is 4.31 Å². The van der Waals surface area contributed by atoms with Crippen LogP contribution in [0.3, 0.4) is 0 Å². The molecule has 0 aromatic heterocycles. The second-order valence-corrected chi connectivity index (χ2v) is 9.57. The summed E-state index contributed by atoms with van der Waals surface area (Å²) in [5, 5.41) is 2.98. The highest BCUT2D eigenvalue weighted by atomic mass is 32.2. The number of nitrogens with zero attached hydrogens (tertiary/aromatic N) is 1. The van der Waals surface area contributed by atoms with Crippen molar-refractivity contribution in [3.8, 4) is 5.75 Å². The highest BCUT2D eigenvalue weighted by Gasteiger charge is 2.35. The molecule has 1 aliphatic heterocycles. The van der Waals surface area contributed by atoms with Gasteiger partial charge in [-0.15, -0.1) is 0 Å². The number of carbonyl (C=O) groups is 1. The molecule has 1 atom stereocenters. The number of nitrogens with one attached hydrogen (secondary N) is 1. The van der Waals surface area contributed by atoms with Gasteiger partial charge in [-0.3, -0.25) is 4.79 Å². The summed E-state index contributed by atoms with van der Waals surface area (Å²) in [5.41, 5.74) is 3.65. The van der Waals surface area contributed by atoms with E-state index in [4.69, 9.17) is 4.74 Å². The fourth-order valence-electron chi connectivity index (χ4n) is 3.60. The topological polar surface area (TPSA) is 75.7 Å². The summed E-state index contributed by atoms with van der Waals surface area (Å²) in [5.74, 6) is -0.221. The van der Waals surface area contributed by atoms with E-state index in [1.807, 2.05) is 45.0 Å². The van der Waals surface area contributed by atoms with Gasteiger partial charge in [-0.05, 0) is 68.5 Å². The lowest BCUT2D eigenvalue weighted by atomic mass is 9.98. The van der Waals surface area contributed by atoms with Gasteiger partial charge in [-0.25, -0.2) is 8.42 Å². The molecule has 0 bridgehead atoms. The Hall–Kier alpha value is -2.38. The second kappa shape index (κ2) is 8.55. The molecule has 1 amide bonds. The lowest BCUT2D eigenvalue weighted by Crippen LogP contribution is -2.43. The van der Waals surface area contributed by atoms with Gasteiger partial charge in [-0.1, -0.05) is 18.2 Å². The average molecular weight is 417 g/mol. The number of sulfonamides is 1. The van der Waals surface area contributed by atoms with E-state index in [0.29, 0.717) is 25.1 Å².